The van der Waals surface area contributed by atoms with Crippen LogP contribution >= 0.6 is 0 Å². The van der Waals surface area contributed by atoms with E-state index < -0.39 is 0 Å². The molecule has 20 heavy (non-hydrogen) atoms. The maximum absolute atomic E-state index is 5.42. The van der Waals surface area contributed by atoms with Crippen molar-refractivity contribution >= 4 is 16.9 Å². The molecule has 1 aliphatic rings. The SMILES string of the molecule is NNc1ncnc2c1cnn2-c1ccc2c(c1)OCO2. The van der Waals surface area contributed by atoms with Crippen molar-refractivity contribution < 1.29 is 9.47 Å². The number of benzene rings is 1. The molecule has 0 radical (unpaired) electrons. The second kappa shape index (κ2) is 4.07. The Labute approximate surface area is 113 Å². The quantitative estimate of drug-likeness (QED) is 0.525. The lowest BCUT2D eigenvalue weighted by molar-refractivity contribution is 0.174. The number of ether oxygens (including phenoxy) is 2. The molecule has 0 bridgehead atoms. The van der Waals surface area contributed by atoms with Gasteiger partial charge in [0.15, 0.2) is 23.0 Å². The first-order valence-corrected chi connectivity index (χ1v) is 5.92. The molecule has 1 aromatic carbocycles. The first-order chi connectivity index (χ1) is 9.86. The van der Waals surface area contributed by atoms with Crippen molar-refractivity contribution in [2.24, 2.45) is 5.84 Å². The number of nitrogen functional groups attached to an aromatic ring is 1. The van der Waals surface area contributed by atoms with E-state index in [-0.39, 0.29) is 6.79 Å². The van der Waals surface area contributed by atoms with Crippen LogP contribution in [0.1, 0.15) is 0 Å². The lowest BCUT2D eigenvalue weighted by Gasteiger charge is -2.05. The van der Waals surface area contributed by atoms with Crippen molar-refractivity contribution in [2.45, 2.75) is 0 Å². The molecular formula is C12H10N6O2. The summed E-state index contributed by atoms with van der Waals surface area (Å²) in [7, 11) is 0. The number of rotatable bonds is 2. The molecule has 0 spiro atoms. The minimum absolute atomic E-state index is 0.238. The van der Waals surface area contributed by atoms with Gasteiger partial charge in [-0.15, -0.1) is 0 Å². The first-order valence-electron chi connectivity index (χ1n) is 5.92. The molecule has 0 atom stereocenters. The Bertz CT molecular complexity index is 800. The van der Waals surface area contributed by atoms with Crippen molar-refractivity contribution in [1.82, 2.24) is 19.7 Å². The van der Waals surface area contributed by atoms with Crippen molar-refractivity contribution in [3.8, 4) is 17.2 Å². The number of nitrogens with two attached hydrogens (primary N) is 1. The lowest BCUT2D eigenvalue weighted by atomic mass is 10.3. The minimum atomic E-state index is 0.238. The van der Waals surface area contributed by atoms with E-state index >= 15 is 0 Å². The van der Waals surface area contributed by atoms with E-state index in [1.54, 1.807) is 10.9 Å². The van der Waals surface area contributed by atoms with Crippen LogP contribution in [0.15, 0.2) is 30.7 Å². The van der Waals surface area contributed by atoms with Crippen molar-refractivity contribution in [1.29, 1.82) is 0 Å². The summed E-state index contributed by atoms with van der Waals surface area (Å²) in [6.07, 6.45) is 3.10. The fraction of sp³-hybridized carbons (Fsp3) is 0.0833. The lowest BCUT2D eigenvalue weighted by Crippen LogP contribution is -2.09. The Morgan fingerprint density at radius 1 is 1.20 bits per heavy atom. The summed E-state index contributed by atoms with van der Waals surface area (Å²) in [6.45, 7) is 0.238. The predicted octanol–water partition coefficient (Wildman–Crippen LogP) is 0.830. The number of anilines is 1. The summed E-state index contributed by atoms with van der Waals surface area (Å²) in [5, 5.41) is 5.07. The zero-order chi connectivity index (χ0) is 13.5. The molecule has 0 saturated carbocycles. The number of hydrogen-bond acceptors (Lipinski definition) is 7. The number of hydrogen-bond donors (Lipinski definition) is 2. The van der Waals surface area contributed by atoms with Gasteiger partial charge in [0.2, 0.25) is 6.79 Å². The monoisotopic (exact) mass is 270 g/mol. The van der Waals surface area contributed by atoms with E-state index in [1.165, 1.54) is 6.33 Å². The molecule has 1 aliphatic heterocycles. The van der Waals surface area contributed by atoms with Gasteiger partial charge in [-0.25, -0.2) is 20.5 Å². The van der Waals surface area contributed by atoms with Gasteiger partial charge in [0.1, 0.15) is 6.33 Å². The largest absolute Gasteiger partial charge is 0.454 e. The third kappa shape index (κ3) is 1.48. The van der Waals surface area contributed by atoms with Crippen LogP contribution in [0.2, 0.25) is 0 Å². The summed E-state index contributed by atoms with van der Waals surface area (Å²) in [6, 6.07) is 5.58. The van der Waals surface area contributed by atoms with Gasteiger partial charge in [0.25, 0.3) is 0 Å². The van der Waals surface area contributed by atoms with E-state index in [4.69, 9.17) is 15.3 Å². The third-order valence-corrected chi connectivity index (χ3v) is 3.10. The van der Waals surface area contributed by atoms with Gasteiger partial charge in [0.05, 0.1) is 17.3 Å². The summed E-state index contributed by atoms with van der Waals surface area (Å²) >= 11 is 0. The molecule has 0 unspecified atom stereocenters. The summed E-state index contributed by atoms with van der Waals surface area (Å²) in [5.74, 6) is 7.37. The van der Waals surface area contributed by atoms with Crippen LogP contribution in [0.4, 0.5) is 5.82 Å². The molecule has 0 aliphatic carbocycles. The van der Waals surface area contributed by atoms with Crippen LogP contribution in [0.3, 0.4) is 0 Å². The third-order valence-electron chi connectivity index (χ3n) is 3.10. The number of hydrazine groups is 1. The van der Waals surface area contributed by atoms with Gasteiger partial charge in [-0.05, 0) is 12.1 Å². The maximum atomic E-state index is 5.42. The molecule has 0 amide bonds. The molecular weight excluding hydrogens is 260 g/mol. The molecule has 100 valence electrons. The van der Waals surface area contributed by atoms with Crippen molar-refractivity contribution in [3.05, 3.63) is 30.7 Å². The van der Waals surface area contributed by atoms with E-state index in [1.807, 2.05) is 18.2 Å². The molecule has 3 heterocycles. The van der Waals surface area contributed by atoms with Crippen LogP contribution in [0.5, 0.6) is 11.5 Å². The Kier molecular flexibility index (Phi) is 2.24. The standard InChI is InChI=1S/C12H10N6O2/c13-17-11-8-4-16-18(12(8)15-5-14-11)7-1-2-9-10(3-7)20-6-19-9/h1-5H,6,13H2,(H,14,15,17). The van der Waals surface area contributed by atoms with Crippen LogP contribution in [0, 0.1) is 0 Å². The van der Waals surface area contributed by atoms with Gasteiger partial charge < -0.3 is 14.9 Å². The second-order valence-corrected chi connectivity index (χ2v) is 4.20. The van der Waals surface area contributed by atoms with Crippen LogP contribution in [0.25, 0.3) is 16.7 Å². The van der Waals surface area contributed by atoms with E-state index in [0.717, 1.165) is 16.8 Å². The zero-order valence-electron chi connectivity index (χ0n) is 10.3. The predicted molar refractivity (Wildman–Crippen MR) is 70.6 cm³/mol. The average Bonchev–Trinajstić information content (AvgIpc) is 3.12. The van der Waals surface area contributed by atoms with Crippen molar-refractivity contribution in [3.63, 3.8) is 0 Å². The van der Waals surface area contributed by atoms with E-state index in [9.17, 15) is 0 Å². The maximum Gasteiger partial charge on any atom is 0.231 e. The van der Waals surface area contributed by atoms with Crippen molar-refractivity contribution in [2.75, 3.05) is 12.2 Å². The topological polar surface area (TPSA) is 100 Å². The minimum Gasteiger partial charge on any atom is -0.454 e. The Morgan fingerprint density at radius 2 is 2.10 bits per heavy atom. The van der Waals surface area contributed by atoms with Gasteiger partial charge in [-0.2, -0.15) is 5.10 Å². The highest BCUT2D eigenvalue weighted by atomic mass is 16.7. The van der Waals surface area contributed by atoms with E-state index in [2.05, 4.69) is 20.5 Å². The molecule has 8 nitrogen and oxygen atoms in total. The Hall–Kier alpha value is -2.87. The molecule has 4 rings (SSSR count). The highest BCUT2D eigenvalue weighted by molar-refractivity contribution is 5.86. The molecule has 3 N–H and O–H groups in total. The van der Waals surface area contributed by atoms with Gasteiger partial charge in [-0.1, -0.05) is 0 Å². The zero-order valence-corrected chi connectivity index (χ0v) is 10.3. The van der Waals surface area contributed by atoms with Crippen LogP contribution in [-0.4, -0.2) is 26.5 Å². The Balaban J connectivity index is 1.90. The second-order valence-electron chi connectivity index (χ2n) is 4.20. The smallest absolute Gasteiger partial charge is 0.231 e. The number of nitrogens with zero attached hydrogens (tertiary/aromatic N) is 4. The molecule has 0 saturated heterocycles. The molecule has 2 aromatic heterocycles. The highest BCUT2D eigenvalue weighted by Gasteiger charge is 2.16. The van der Waals surface area contributed by atoms with Crippen LogP contribution < -0.4 is 20.7 Å². The van der Waals surface area contributed by atoms with Gasteiger partial charge >= 0.3 is 0 Å². The summed E-state index contributed by atoms with van der Waals surface area (Å²) < 4.78 is 12.4. The van der Waals surface area contributed by atoms with E-state index in [0.29, 0.717) is 17.2 Å². The van der Waals surface area contributed by atoms with Crippen LogP contribution in [-0.2, 0) is 0 Å². The number of nitrogens with one attached hydrogen (secondary N) is 1. The fourth-order valence-electron chi connectivity index (χ4n) is 2.17. The van der Waals surface area contributed by atoms with Gasteiger partial charge in [0, 0.05) is 6.07 Å². The molecule has 0 fully saturated rings. The normalized spacial score (nSPS) is 12.8. The number of aromatic nitrogens is 4. The molecule has 3 aromatic rings. The Morgan fingerprint density at radius 3 is 3.00 bits per heavy atom. The fourth-order valence-corrected chi connectivity index (χ4v) is 2.17. The molecule has 8 heteroatoms. The summed E-state index contributed by atoms with van der Waals surface area (Å²) in [4.78, 5) is 8.29. The highest BCUT2D eigenvalue weighted by Crippen LogP contribution is 2.34. The summed E-state index contributed by atoms with van der Waals surface area (Å²) in [5.41, 5.74) is 4.01. The van der Waals surface area contributed by atoms with Gasteiger partial charge in [-0.3, -0.25) is 0 Å². The first kappa shape index (κ1) is 11.0. The number of fused-ring (bicyclic) bond motifs is 2. The average molecular weight is 270 g/mol.